The predicted molar refractivity (Wildman–Crippen MR) is 63.5 cm³/mol. The Bertz CT molecular complexity index is 449. The van der Waals surface area contributed by atoms with Crippen molar-refractivity contribution in [2.75, 3.05) is 0 Å². The van der Waals surface area contributed by atoms with Gasteiger partial charge in [-0.3, -0.25) is 4.79 Å². The molecule has 1 aromatic carbocycles. The summed E-state index contributed by atoms with van der Waals surface area (Å²) in [5.74, 6) is 1.32. The van der Waals surface area contributed by atoms with Crippen LogP contribution in [0, 0.1) is 6.92 Å². The molecule has 1 aliphatic rings. The zero-order valence-corrected chi connectivity index (χ0v) is 9.88. The van der Waals surface area contributed by atoms with Crippen molar-refractivity contribution in [3.05, 3.63) is 40.6 Å². The van der Waals surface area contributed by atoms with Gasteiger partial charge in [0.15, 0.2) is 5.78 Å². The van der Waals surface area contributed by atoms with Crippen molar-refractivity contribution in [1.82, 2.24) is 0 Å². The van der Waals surface area contributed by atoms with E-state index in [-0.39, 0.29) is 10.8 Å². The SMILES string of the molecule is Cc1cccc(OC2=C(Cl)C(=O)CCC2)c1. The molecular formula is C13H13ClO2. The van der Waals surface area contributed by atoms with Gasteiger partial charge in [0.25, 0.3) is 0 Å². The largest absolute Gasteiger partial charge is 0.460 e. The Labute approximate surface area is 99.9 Å². The predicted octanol–water partition coefficient (Wildman–Crippen LogP) is 3.58. The lowest BCUT2D eigenvalue weighted by Crippen LogP contribution is -2.11. The van der Waals surface area contributed by atoms with Crippen LogP contribution in [-0.4, -0.2) is 5.78 Å². The molecule has 0 heterocycles. The number of halogens is 1. The zero-order chi connectivity index (χ0) is 11.5. The van der Waals surface area contributed by atoms with Gasteiger partial charge in [0.2, 0.25) is 0 Å². The molecule has 84 valence electrons. The Hall–Kier alpha value is -1.28. The summed E-state index contributed by atoms with van der Waals surface area (Å²) in [7, 11) is 0. The van der Waals surface area contributed by atoms with Gasteiger partial charge in [0.1, 0.15) is 16.5 Å². The van der Waals surface area contributed by atoms with Crippen molar-refractivity contribution in [2.24, 2.45) is 0 Å². The van der Waals surface area contributed by atoms with Crippen LogP contribution in [0.25, 0.3) is 0 Å². The molecule has 0 spiro atoms. The van der Waals surface area contributed by atoms with Gasteiger partial charge in [0, 0.05) is 12.8 Å². The standard InChI is InChI=1S/C13H13ClO2/c1-9-4-2-5-10(8-9)16-12-7-3-6-11(15)13(12)14/h2,4-5,8H,3,6-7H2,1H3. The highest BCUT2D eigenvalue weighted by atomic mass is 35.5. The zero-order valence-electron chi connectivity index (χ0n) is 9.13. The Morgan fingerprint density at radius 2 is 2.12 bits per heavy atom. The summed E-state index contributed by atoms with van der Waals surface area (Å²) < 4.78 is 5.65. The molecule has 3 heteroatoms. The molecule has 0 N–H and O–H groups in total. The van der Waals surface area contributed by atoms with E-state index in [1.54, 1.807) is 0 Å². The normalized spacial score (nSPS) is 16.5. The number of Topliss-reactive ketones (excluding diaryl/α,β-unsaturated/α-hetero) is 1. The Morgan fingerprint density at radius 3 is 2.88 bits per heavy atom. The maximum absolute atomic E-state index is 11.4. The van der Waals surface area contributed by atoms with E-state index in [0.717, 1.165) is 24.2 Å². The molecule has 0 saturated carbocycles. The van der Waals surface area contributed by atoms with E-state index in [1.807, 2.05) is 31.2 Å². The lowest BCUT2D eigenvalue weighted by molar-refractivity contribution is -0.115. The van der Waals surface area contributed by atoms with E-state index >= 15 is 0 Å². The number of aryl methyl sites for hydroxylation is 1. The van der Waals surface area contributed by atoms with Crippen molar-refractivity contribution in [1.29, 1.82) is 0 Å². The summed E-state index contributed by atoms with van der Waals surface area (Å²) in [5, 5.41) is 0.257. The quantitative estimate of drug-likeness (QED) is 0.785. The molecule has 0 fully saturated rings. The van der Waals surface area contributed by atoms with Crippen LogP contribution in [0.1, 0.15) is 24.8 Å². The number of carbonyl (C=O) groups is 1. The second-order valence-corrected chi connectivity index (χ2v) is 4.31. The Morgan fingerprint density at radius 1 is 1.31 bits per heavy atom. The van der Waals surface area contributed by atoms with Crippen molar-refractivity contribution >= 4 is 17.4 Å². The molecule has 2 nitrogen and oxygen atoms in total. The fraction of sp³-hybridized carbons (Fsp3) is 0.308. The highest BCUT2D eigenvalue weighted by Crippen LogP contribution is 2.27. The number of allylic oxidation sites excluding steroid dienone is 2. The van der Waals surface area contributed by atoms with E-state index in [0.29, 0.717) is 12.2 Å². The monoisotopic (exact) mass is 236 g/mol. The first-order valence-electron chi connectivity index (χ1n) is 5.33. The number of carbonyl (C=O) groups excluding carboxylic acids is 1. The molecule has 1 aliphatic carbocycles. The van der Waals surface area contributed by atoms with Crippen molar-refractivity contribution in [3.8, 4) is 5.75 Å². The summed E-state index contributed by atoms with van der Waals surface area (Å²) in [6, 6.07) is 7.71. The molecule has 0 aliphatic heterocycles. The third-order valence-electron chi connectivity index (χ3n) is 2.53. The van der Waals surface area contributed by atoms with E-state index in [2.05, 4.69) is 0 Å². The van der Waals surface area contributed by atoms with Crippen LogP contribution in [0.4, 0.5) is 0 Å². The molecule has 0 atom stereocenters. The molecule has 0 aromatic heterocycles. The van der Waals surface area contributed by atoms with Gasteiger partial charge in [-0.2, -0.15) is 0 Å². The van der Waals surface area contributed by atoms with Crippen molar-refractivity contribution in [3.63, 3.8) is 0 Å². The first-order valence-corrected chi connectivity index (χ1v) is 5.71. The molecule has 0 bridgehead atoms. The minimum absolute atomic E-state index is 0.0180. The van der Waals surface area contributed by atoms with Crippen LogP contribution in [0.15, 0.2) is 35.1 Å². The number of ketones is 1. The minimum Gasteiger partial charge on any atom is -0.460 e. The first-order chi connectivity index (χ1) is 7.66. The van der Waals surface area contributed by atoms with Crippen LogP contribution < -0.4 is 4.74 Å². The Kier molecular flexibility index (Phi) is 3.30. The fourth-order valence-electron chi connectivity index (χ4n) is 1.70. The van der Waals surface area contributed by atoms with Gasteiger partial charge in [-0.15, -0.1) is 0 Å². The van der Waals surface area contributed by atoms with Crippen molar-refractivity contribution in [2.45, 2.75) is 26.2 Å². The summed E-state index contributed by atoms with van der Waals surface area (Å²) in [4.78, 5) is 11.4. The van der Waals surface area contributed by atoms with Crippen molar-refractivity contribution < 1.29 is 9.53 Å². The summed E-state index contributed by atoms with van der Waals surface area (Å²) in [6.07, 6.45) is 2.08. The maximum atomic E-state index is 11.4. The van der Waals surface area contributed by atoms with E-state index in [9.17, 15) is 4.79 Å². The summed E-state index contributed by atoms with van der Waals surface area (Å²) >= 11 is 5.93. The van der Waals surface area contributed by atoms with Crippen LogP contribution in [0.2, 0.25) is 0 Å². The molecule has 0 radical (unpaired) electrons. The molecule has 0 amide bonds. The maximum Gasteiger partial charge on any atom is 0.177 e. The summed E-state index contributed by atoms with van der Waals surface area (Å²) in [5.41, 5.74) is 1.12. The van der Waals surface area contributed by atoms with E-state index in [1.165, 1.54) is 0 Å². The summed E-state index contributed by atoms with van der Waals surface area (Å²) in [6.45, 7) is 1.99. The third-order valence-corrected chi connectivity index (χ3v) is 2.95. The molecular weight excluding hydrogens is 224 g/mol. The Balaban J connectivity index is 2.21. The topological polar surface area (TPSA) is 26.3 Å². The second-order valence-electron chi connectivity index (χ2n) is 3.93. The average Bonchev–Trinajstić information content (AvgIpc) is 2.25. The number of hydrogen-bond donors (Lipinski definition) is 0. The van der Waals surface area contributed by atoms with E-state index in [4.69, 9.17) is 16.3 Å². The van der Waals surface area contributed by atoms with Gasteiger partial charge in [-0.05, 0) is 31.0 Å². The van der Waals surface area contributed by atoms with Gasteiger partial charge in [0.05, 0.1) is 0 Å². The van der Waals surface area contributed by atoms with Gasteiger partial charge < -0.3 is 4.74 Å². The molecule has 0 unspecified atom stereocenters. The highest BCUT2D eigenvalue weighted by Gasteiger charge is 2.20. The van der Waals surface area contributed by atoms with Crippen LogP contribution in [0.3, 0.4) is 0 Å². The lowest BCUT2D eigenvalue weighted by atomic mass is 10.0. The smallest absolute Gasteiger partial charge is 0.177 e. The minimum atomic E-state index is -0.0180. The van der Waals surface area contributed by atoms with Gasteiger partial charge in [-0.1, -0.05) is 23.7 Å². The number of ether oxygens (including phenoxy) is 1. The van der Waals surface area contributed by atoms with E-state index < -0.39 is 0 Å². The third kappa shape index (κ3) is 2.45. The molecule has 2 rings (SSSR count). The molecule has 1 aromatic rings. The highest BCUT2D eigenvalue weighted by molar-refractivity contribution is 6.43. The number of hydrogen-bond acceptors (Lipinski definition) is 2. The molecule has 16 heavy (non-hydrogen) atoms. The molecule has 0 saturated heterocycles. The fourth-order valence-corrected chi connectivity index (χ4v) is 1.93. The first kappa shape index (κ1) is 11.2. The van der Waals surface area contributed by atoms with Crippen LogP contribution >= 0.6 is 11.6 Å². The lowest BCUT2D eigenvalue weighted by Gasteiger charge is -2.16. The van der Waals surface area contributed by atoms with Gasteiger partial charge >= 0.3 is 0 Å². The van der Waals surface area contributed by atoms with Crippen LogP contribution in [-0.2, 0) is 4.79 Å². The number of benzene rings is 1. The second kappa shape index (κ2) is 4.71. The number of rotatable bonds is 2. The van der Waals surface area contributed by atoms with Crippen LogP contribution in [0.5, 0.6) is 5.75 Å². The average molecular weight is 237 g/mol. The van der Waals surface area contributed by atoms with Gasteiger partial charge in [-0.25, -0.2) is 0 Å².